The van der Waals surface area contributed by atoms with Crippen molar-refractivity contribution in [2.45, 2.75) is 10.9 Å². The first-order chi connectivity index (χ1) is 13.9. The summed E-state index contributed by atoms with van der Waals surface area (Å²) in [6, 6.07) is 11.9. The lowest BCUT2D eigenvalue weighted by molar-refractivity contribution is 0.0600. The SMILES string of the molecule is COC(=O)c1ccc(S(=O)(=O)N[C@@H](c2ccccc2OC)c2nccn2C)cc1. The molecule has 0 aliphatic carbocycles. The summed E-state index contributed by atoms with van der Waals surface area (Å²) >= 11 is 0. The summed E-state index contributed by atoms with van der Waals surface area (Å²) < 4.78 is 40.6. The molecule has 0 unspecified atom stereocenters. The molecule has 1 N–H and O–H groups in total. The van der Waals surface area contributed by atoms with E-state index in [1.807, 2.05) is 0 Å². The quantitative estimate of drug-likeness (QED) is 0.595. The molecule has 8 nitrogen and oxygen atoms in total. The van der Waals surface area contributed by atoms with Crippen molar-refractivity contribution < 1.29 is 22.7 Å². The van der Waals surface area contributed by atoms with Crippen LogP contribution in [0, 0.1) is 0 Å². The minimum atomic E-state index is -3.94. The van der Waals surface area contributed by atoms with Gasteiger partial charge in [0.2, 0.25) is 10.0 Å². The van der Waals surface area contributed by atoms with E-state index in [1.54, 1.807) is 48.3 Å². The van der Waals surface area contributed by atoms with Crippen LogP contribution in [-0.2, 0) is 21.8 Å². The first-order valence-corrected chi connectivity index (χ1v) is 10.2. The van der Waals surface area contributed by atoms with Crippen LogP contribution in [0.3, 0.4) is 0 Å². The third-order valence-corrected chi connectivity index (χ3v) is 5.86. The highest BCUT2D eigenvalue weighted by Gasteiger charge is 2.28. The number of para-hydroxylation sites is 1. The maximum Gasteiger partial charge on any atom is 0.337 e. The molecule has 29 heavy (non-hydrogen) atoms. The topological polar surface area (TPSA) is 99.5 Å². The number of carbonyl (C=O) groups is 1. The second-order valence-corrected chi connectivity index (χ2v) is 7.92. The van der Waals surface area contributed by atoms with Crippen molar-refractivity contribution in [1.82, 2.24) is 14.3 Å². The molecule has 0 aliphatic heterocycles. The number of nitrogens with zero attached hydrogens (tertiary/aromatic N) is 2. The highest BCUT2D eigenvalue weighted by atomic mass is 32.2. The van der Waals surface area contributed by atoms with Gasteiger partial charge in [-0.3, -0.25) is 0 Å². The van der Waals surface area contributed by atoms with Gasteiger partial charge in [0.15, 0.2) is 0 Å². The molecule has 0 fully saturated rings. The molecule has 0 aliphatic rings. The van der Waals surface area contributed by atoms with Gasteiger partial charge < -0.3 is 14.0 Å². The lowest BCUT2D eigenvalue weighted by Crippen LogP contribution is -2.31. The van der Waals surface area contributed by atoms with Crippen LogP contribution >= 0.6 is 0 Å². The third-order valence-electron chi connectivity index (χ3n) is 4.43. The minimum absolute atomic E-state index is 0.0132. The fraction of sp³-hybridized carbons (Fsp3) is 0.200. The van der Waals surface area contributed by atoms with Crippen LogP contribution in [0.4, 0.5) is 0 Å². The molecule has 0 saturated carbocycles. The zero-order chi connectivity index (χ0) is 21.0. The first-order valence-electron chi connectivity index (χ1n) is 8.68. The fourth-order valence-corrected chi connectivity index (χ4v) is 4.10. The van der Waals surface area contributed by atoms with Crippen molar-refractivity contribution in [3.8, 4) is 5.75 Å². The lowest BCUT2D eigenvalue weighted by Gasteiger charge is -2.21. The van der Waals surface area contributed by atoms with Gasteiger partial charge in [0, 0.05) is 25.0 Å². The number of esters is 1. The van der Waals surface area contributed by atoms with E-state index in [9.17, 15) is 13.2 Å². The van der Waals surface area contributed by atoms with Gasteiger partial charge >= 0.3 is 5.97 Å². The van der Waals surface area contributed by atoms with Gasteiger partial charge in [0.25, 0.3) is 0 Å². The summed E-state index contributed by atoms with van der Waals surface area (Å²) in [7, 11) is 0.632. The number of hydrogen-bond acceptors (Lipinski definition) is 6. The Labute approximate surface area is 169 Å². The summed E-state index contributed by atoms with van der Waals surface area (Å²) in [6.45, 7) is 0. The Morgan fingerprint density at radius 3 is 2.38 bits per heavy atom. The molecule has 9 heteroatoms. The monoisotopic (exact) mass is 415 g/mol. The molecule has 3 rings (SSSR count). The molecule has 0 spiro atoms. The van der Waals surface area contributed by atoms with Crippen molar-refractivity contribution in [3.05, 3.63) is 77.9 Å². The highest BCUT2D eigenvalue weighted by Crippen LogP contribution is 2.30. The van der Waals surface area contributed by atoms with Crippen molar-refractivity contribution >= 4 is 16.0 Å². The van der Waals surface area contributed by atoms with Gasteiger partial charge in [-0.2, -0.15) is 4.72 Å². The molecule has 3 aromatic rings. The zero-order valence-corrected chi connectivity index (χ0v) is 17.0. The Bertz CT molecular complexity index is 1110. The standard InChI is InChI=1S/C20H21N3O5S/c1-23-13-12-21-19(23)18(16-6-4-5-7-17(16)27-2)22-29(25,26)15-10-8-14(9-11-15)20(24)28-3/h4-13,18,22H,1-3H3/t18-/m0/s1. The van der Waals surface area contributed by atoms with Gasteiger partial charge in [0.05, 0.1) is 24.7 Å². The molecule has 2 aromatic carbocycles. The number of rotatable bonds is 7. The summed E-state index contributed by atoms with van der Waals surface area (Å²) in [4.78, 5) is 15.9. The molecule has 1 heterocycles. The Kier molecular flexibility index (Phi) is 6.00. The molecule has 1 aromatic heterocycles. The molecule has 0 radical (unpaired) electrons. The zero-order valence-electron chi connectivity index (χ0n) is 16.2. The molecule has 1 atom stereocenters. The van der Waals surface area contributed by atoms with Crippen LogP contribution in [0.1, 0.15) is 27.8 Å². The van der Waals surface area contributed by atoms with E-state index < -0.39 is 22.0 Å². The van der Waals surface area contributed by atoms with Crippen molar-refractivity contribution in [1.29, 1.82) is 0 Å². The van der Waals surface area contributed by atoms with E-state index in [4.69, 9.17) is 4.74 Å². The predicted octanol–water partition coefficient (Wildman–Crippen LogP) is 2.28. The number of benzene rings is 2. The number of sulfonamides is 1. The smallest absolute Gasteiger partial charge is 0.337 e. The first kappa shape index (κ1) is 20.6. The molecule has 152 valence electrons. The largest absolute Gasteiger partial charge is 0.496 e. The third kappa shape index (κ3) is 4.30. The molecular formula is C20H21N3O5S. The van der Waals surface area contributed by atoms with Crippen LogP contribution in [0.2, 0.25) is 0 Å². The Hall–Kier alpha value is -3.17. The maximum atomic E-state index is 13.1. The van der Waals surface area contributed by atoms with E-state index in [0.29, 0.717) is 17.1 Å². The Morgan fingerprint density at radius 1 is 1.10 bits per heavy atom. The number of hydrogen-bond donors (Lipinski definition) is 1. The average Bonchev–Trinajstić information content (AvgIpc) is 3.17. The van der Waals surface area contributed by atoms with Gasteiger partial charge in [-0.15, -0.1) is 0 Å². The number of nitrogens with one attached hydrogen (secondary N) is 1. The summed E-state index contributed by atoms with van der Waals surface area (Å²) in [5.74, 6) is 0.496. The van der Waals surface area contributed by atoms with Gasteiger partial charge in [-0.1, -0.05) is 18.2 Å². The van der Waals surface area contributed by atoms with Crippen LogP contribution in [0.25, 0.3) is 0 Å². The van der Waals surface area contributed by atoms with E-state index in [2.05, 4.69) is 14.4 Å². The number of ether oxygens (including phenoxy) is 2. The number of imidazole rings is 1. The normalized spacial score (nSPS) is 12.4. The summed E-state index contributed by atoms with van der Waals surface area (Å²) in [5.41, 5.74) is 0.885. The number of carbonyl (C=O) groups excluding carboxylic acids is 1. The number of aryl methyl sites for hydroxylation is 1. The number of aromatic nitrogens is 2. The van der Waals surface area contributed by atoms with E-state index >= 15 is 0 Å². The second kappa shape index (κ2) is 8.46. The summed E-state index contributed by atoms with van der Waals surface area (Å²) in [5, 5.41) is 0. The van der Waals surface area contributed by atoms with Crippen molar-refractivity contribution in [3.63, 3.8) is 0 Å². The van der Waals surface area contributed by atoms with Crippen LogP contribution in [-0.4, -0.2) is 38.2 Å². The van der Waals surface area contributed by atoms with Crippen LogP contribution in [0.15, 0.2) is 65.8 Å². The summed E-state index contributed by atoms with van der Waals surface area (Å²) in [6.07, 6.45) is 3.33. The number of methoxy groups -OCH3 is 2. The molecule has 0 saturated heterocycles. The predicted molar refractivity (Wildman–Crippen MR) is 106 cm³/mol. The fourth-order valence-electron chi connectivity index (χ4n) is 2.93. The maximum absolute atomic E-state index is 13.1. The van der Waals surface area contributed by atoms with Crippen molar-refractivity contribution in [2.75, 3.05) is 14.2 Å². The molecular weight excluding hydrogens is 394 g/mol. The Morgan fingerprint density at radius 2 is 1.79 bits per heavy atom. The second-order valence-electron chi connectivity index (χ2n) is 6.21. The lowest BCUT2D eigenvalue weighted by atomic mass is 10.1. The highest BCUT2D eigenvalue weighted by molar-refractivity contribution is 7.89. The molecule has 0 bridgehead atoms. The van der Waals surface area contributed by atoms with E-state index in [0.717, 1.165) is 0 Å². The Balaban J connectivity index is 2.01. The van der Waals surface area contributed by atoms with Gasteiger partial charge in [-0.25, -0.2) is 18.2 Å². The van der Waals surface area contributed by atoms with Crippen LogP contribution < -0.4 is 9.46 Å². The van der Waals surface area contributed by atoms with E-state index in [-0.39, 0.29) is 10.5 Å². The molecule has 0 amide bonds. The minimum Gasteiger partial charge on any atom is -0.496 e. The van der Waals surface area contributed by atoms with Crippen molar-refractivity contribution in [2.24, 2.45) is 7.05 Å². The van der Waals surface area contributed by atoms with E-state index in [1.165, 1.54) is 38.5 Å². The van der Waals surface area contributed by atoms with Gasteiger partial charge in [0.1, 0.15) is 17.6 Å². The van der Waals surface area contributed by atoms with Crippen LogP contribution in [0.5, 0.6) is 5.75 Å². The van der Waals surface area contributed by atoms with Gasteiger partial charge in [-0.05, 0) is 30.3 Å². The average molecular weight is 415 g/mol.